The molecule has 0 unspecified atom stereocenters. The Labute approximate surface area is 117 Å². The normalized spacial score (nSPS) is 17.5. The second-order valence-electron chi connectivity index (χ2n) is 5.54. The molecule has 2 heterocycles. The fourth-order valence-electron chi connectivity index (χ4n) is 2.38. The number of anilines is 2. The summed E-state index contributed by atoms with van der Waals surface area (Å²) in [7, 11) is 0. The number of hydrogen-bond donors (Lipinski definition) is 2. The highest BCUT2D eigenvalue weighted by molar-refractivity contribution is 6.09. The summed E-state index contributed by atoms with van der Waals surface area (Å²) < 4.78 is 0. The molecule has 1 aromatic heterocycles. The lowest BCUT2D eigenvalue weighted by molar-refractivity contribution is -0.115. The Kier molecular flexibility index (Phi) is 3.08. The summed E-state index contributed by atoms with van der Waals surface area (Å²) in [6.45, 7) is 4.47. The molecule has 0 radical (unpaired) electrons. The molecule has 2 N–H and O–H groups in total. The van der Waals surface area contributed by atoms with Crippen molar-refractivity contribution < 1.29 is 9.59 Å². The van der Waals surface area contributed by atoms with Crippen molar-refractivity contribution in [2.24, 2.45) is 5.92 Å². The van der Waals surface area contributed by atoms with Crippen molar-refractivity contribution in [3.8, 4) is 0 Å². The summed E-state index contributed by atoms with van der Waals surface area (Å²) in [5.41, 5.74) is 2.38. The van der Waals surface area contributed by atoms with Crippen LogP contribution in [-0.4, -0.2) is 30.0 Å². The zero-order chi connectivity index (χ0) is 14.3. The second kappa shape index (κ2) is 4.77. The van der Waals surface area contributed by atoms with Crippen molar-refractivity contribution >= 4 is 23.4 Å². The van der Waals surface area contributed by atoms with E-state index in [1.165, 1.54) is 17.7 Å². The van der Waals surface area contributed by atoms with E-state index < -0.39 is 0 Å². The fourth-order valence-corrected chi connectivity index (χ4v) is 2.38. The predicted octanol–water partition coefficient (Wildman–Crippen LogP) is 1.58. The smallest absolute Gasteiger partial charge is 0.323 e. The molecule has 1 aromatic rings. The van der Waals surface area contributed by atoms with Gasteiger partial charge in [0.25, 0.3) is 0 Å². The average molecular weight is 274 g/mol. The van der Waals surface area contributed by atoms with Gasteiger partial charge in [0.05, 0.1) is 5.69 Å². The summed E-state index contributed by atoms with van der Waals surface area (Å²) in [5.74, 6) is 0.951. The molecule has 0 spiro atoms. The number of rotatable bonds is 2. The molecule has 6 nitrogen and oxygen atoms in total. The van der Waals surface area contributed by atoms with Crippen molar-refractivity contribution in [1.29, 1.82) is 0 Å². The highest BCUT2D eigenvalue weighted by Crippen LogP contribution is 2.31. The van der Waals surface area contributed by atoms with Crippen molar-refractivity contribution in [2.75, 3.05) is 23.3 Å². The van der Waals surface area contributed by atoms with E-state index in [0.29, 0.717) is 24.0 Å². The topological polar surface area (TPSA) is 74.3 Å². The molecule has 0 aromatic carbocycles. The number of pyridine rings is 1. The Bertz CT molecular complexity index is 581. The van der Waals surface area contributed by atoms with Gasteiger partial charge in [0.15, 0.2) is 5.82 Å². The van der Waals surface area contributed by atoms with Gasteiger partial charge in [0.1, 0.15) is 6.54 Å². The van der Waals surface area contributed by atoms with Crippen molar-refractivity contribution in [1.82, 2.24) is 10.3 Å². The van der Waals surface area contributed by atoms with Crippen LogP contribution in [0.3, 0.4) is 0 Å². The molecule has 2 aliphatic rings. The summed E-state index contributed by atoms with van der Waals surface area (Å²) in [6.07, 6.45) is 2.35. The molecule has 0 saturated heterocycles. The van der Waals surface area contributed by atoms with E-state index >= 15 is 0 Å². The van der Waals surface area contributed by atoms with Crippen LogP contribution in [0.5, 0.6) is 0 Å². The molecule has 3 amide bonds. The number of aryl methyl sites for hydroxylation is 2. The van der Waals surface area contributed by atoms with Crippen LogP contribution in [0.4, 0.5) is 16.3 Å². The molecule has 1 saturated carbocycles. The predicted molar refractivity (Wildman–Crippen MR) is 75.8 cm³/mol. The van der Waals surface area contributed by atoms with E-state index in [4.69, 9.17) is 0 Å². The maximum Gasteiger partial charge on any atom is 0.323 e. The Morgan fingerprint density at radius 3 is 2.95 bits per heavy atom. The number of carbonyl (C=O) groups excluding carboxylic acids is 2. The quantitative estimate of drug-likeness (QED) is 0.859. The van der Waals surface area contributed by atoms with E-state index in [1.54, 1.807) is 0 Å². The number of urea groups is 1. The molecule has 106 valence electrons. The van der Waals surface area contributed by atoms with E-state index in [1.807, 2.05) is 19.9 Å². The number of carbonyl (C=O) groups is 2. The zero-order valence-electron chi connectivity index (χ0n) is 11.7. The Hall–Kier alpha value is -2.11. The van der Waals surface area contributed by atoms with Gasteiger partial charge < -0.3 is 10.6 Å². The SMILES string of the molecule is Cc1cc(C)c2c(n1)N(C(=O)NCC1CC1)CC(=O)N2. The third-order valence-corrected chi connectivity index (χ3v) is 3.63. The molecule has 20 heavy (non-hydrogen) atoms. The molecule has 6 heteroatoms. The minimum atomic E-state index is -0.245. The molecule has 1 fully saturated rings. The second-order valence-corrected chi connectivity index (χ2v) is 5.54. The Balaban J connectivity index is 1.88. The van der Waals surface area contributed by atoms with E-state index in [0.717, 1.165) is 11.3 Å². The first-order chi connectivity index (χ1) is 9.54. The number of nitrogens with zero attached hydrogens (tertiary/aromatic N) is 2. The van der Waals surface area contributed by atoms with Gasteiger partial charge >= 0.3 is 6.03 Å². The molecular formula is C14H18N4O2. The number of hydrogen-bond acceptors (Lipinski definition) is 3. The van der Waals surface area contributed by atoms with Crippen LogP contribution < -0.4 is 15.5 Å². The van der Waals surface area contributed by atoms with E-state index in [2.05, 4.69) is 15.6 Å². The molecule has 3 rings (SSSR count). The highest BCUT2D eigenvalue weighted by atomic mass is 16.2. The largest absolute Gasteiger partial charge is 0.337 e. The van der Waals surface area contributed by atoms with Gasteiger partial charge in [-0.3, -0.25) is 9.69 Å². The zero-order valence-corrected chi connectivity index (χ0v) is 11.7. The Morgan fingerprint density at radius 2 is 2.25 bits per heavy atom. The van der Waals surface area contributed by atoms with Crippen molar-refractivity contribution in [3.63, 3.8) is 0 Å². The van der Waals surface area contributed by atoms with Crippen LogP contribution in [0.15, 0.2) is 6.07 Å². The number of aromatic nitrogens is 1. The van der Waals surface area contributed by atoms with Gasteiger partial charge in [0.2, 0.25) is 5.91 Å². The van der Waals surface area contributed by atoms with Crippen LogP contribution in [0.1, 0.15) is 24.1 Å². The van der Waals surface area contributed by atoms with Crippen molar-refractivity contribution in [3.05, 3.63) is 17.3 Å². The molecule has 0 bridgehead atoms. The highest BCUT2D eigenvalue weighted by Gasteiger charge is 2.30. The lowest BCUT2D eigenvalue weighted by Gasteiger charge is -2.29. The molecule has 1 aliphatic heterocycles. The average Bonchev–Trinajstić information content (AvgIpc) is 3.20. The van der Waals surface area contributed by atoms with Crippen molar-refractivity contribution in [2.45, 2.75) is 26.7 Å². The summed E-state index contributed by atoms with van der Waals surface area (Å²) in [6, 6.07) is 1.65. The molecule has 1 aliphatic carbocycles. The number of fused-ring (bicyclic) bond motifs is 1. The van der Waals surface area contributed by atoms with Crippen LogP contribution in [0.2, 0.25) is 0 Å². The van der Waals surface area contributed by atoms with Gasteiger partial charge in [-0.15, -0.1) is 0 Å². The fraction of sp³-hybridized carbons (Fsp3) is 0.500. The lowest BCUT2D eigenvalue weighted by Crippen LogP contribution is -2.48. The monoisotopic (exact) mass is 274 g/mol. The number of amides is 3. The van der Waals surface area contributed by atoms with Crippen LogP contribution in [0.25, 0.3) is 0 Å². The van der Waals surface area contributed by atoms with Gasteiger partial charge in [-0.1, -0.05) is 0 Å². The maximum atomic E-state index is 12.3. The maximum absolute atomic E-state index is 12.3. The summed E-state index contributed by atoms with van der Waals surface area (Å²) >= 11 is 0. The summed E-state index contributed by atoms with van der Waals surface area (Å²) in [4.78, 5) is 29.9. The first-order valence-corrected chi connectivity index (χ1v) is 6.88. The van der Waals surface area contributed by atoms with Gasteiger partial charge in [-0.05, 0) is 44.2 Å². The van der Waals surface area contributed by atoms with E-state index in [9.17, 15) is 9.59 Å². The third kappa shape index (κ3) is 2.45. The lowest BCUT2D eigenvalue weighted by atomic mass is 10.1. The van der Waals surface area contributed by atoms with Crippen LogP contribution >= 0.6 is 0 Å². The van der Waals surface area contributed by atoms with Gasteiger partial charge in [-0.25, -0.2) is 9.78 Å². The minimum Gasteiger partial charge on any atom is -0.337 e. The van der Waals surface area contributed by atoms with Crippen LogP contribution in [-0.2, 0) is 4.79 Å². The molecule has 0 atom stereocenters. The minimum absolute atomic E-state index is 0.0133. The van der Waals surface area contributed by atoms with Gasteiger partial charge in [0, 0.05) is 12.2 Å². The summed E-state index contributed by atoms with van der Waals surface area (Å²) in [5, 5.41) is 5.68. The standard InChI is InChI=1S/C14H18N4O2/c1-8-5-9(2)16-13-12(8)17-11(19)7-18(13)14(20)15-6-10-3-4-10/h5,10H,3-4,6-7H2,1-2H3,(H,15,20)(H,17,19). The first-order valence-electron chi connectivity index (χ1n) is 6.88. The van der Waals surface area contributed by atoms with Gasteiger partial charge in [-0.2, -0.15) is 0 Å². The van der Waals surface area contributed by atoms with E-state index in [-0.39, 0.29) is 18.5 Å². The third-order valence-electron chi connectivity index (χ3n) is 3.63. The number of nitrogens with one attached hydrogen (secondary N) is 2. The van der Waals surface area contributed by atoms with Crippen LogP contribution in [0, 0.1) is 19.8 Å². The molecular weight excluding hydrogens is 256 g/mol. The first kappa shape index (κ1) is 12.9. The Morgan fingerprint density at radius 1 is 1.50 bits per heavy atom.